The third-order valence-electron chi connectivity index (χ3n) is 6.35. The minimum Gasteiger partial charge on any atom is -0.354 e. The Morgan fingerprint density at radius 2 is 1.79 bits per heavy atom. The van der Waals surface area contributed by atoms with Crippen molar-refractivity contribution in [3.05, 3.63) is 47.5 Å². The van der Waals surface area contributed by atoms with Crippen LogP contribution in [0.3, 0.4) is 0 Å². The number of alkyl halides is 3. The predicted molar refractivity (Wildman–Crippen MR) is 121 cm³/mol. The first kappa shape index (κ1) is 24.1. The molecule has 4 rings (SSSR count). The molecule has 0 bridgehead atoms. The van der Waals surface area contributed by atoms with E-state index in [1.807, 2.05) is 12.1 Å². The van der Waals surface area contributed by atoms with Crippen molar-refractivity contribution in [1.29, 1.82) is 0 Å². The van der Waals surface area contributed by atoms with Gasteiger partial charge in [0.1, 0.15) is 11.7 Å². The maximum atomic E-state index is 14.4. The minimum absolute atomic E-state index is 0.0214. The van der Waals surface area contributed by atoms with Gasteiger partial charge in [0.2, 0.25) is 0 Å². The number of aromatic nitrogens is 2. The lowest BCUT2D eigenvalue weighted by molar-refractivity contribution is -0.138. The number of hydrogen-bond donors (Lipinski definition) is 2. The van der Waals surface area contributed by atoms with E-state index in [2.05, 4.69) is 20.0 Å². The summed E-state index contributed by atoms with van der Waals surface area (Å²) in [7, 11) is 0. The van der Waals surface area contributed by atoms with Crippen LogP contribution in [0.2, 0.25) is 0 Å². The number of hydrazine groups is 1. The second kappa shape index (κ2) is 9.71. The van der Waals surface area contributed by atoms with Gasteiger partial charge in [-0.1, -0.05) is 6.07 Å². The fraction of sp³-hybridized carbons (Fsp3) is 0.500. The van der Waals surface area contributed by atoms with Crippen LogP contribution in [0.4, 0.5) is 29.2 Å². The molecule has 4 N–H and O–H groups in total. The number of halogens is 4. The molecule has 12 heteroatoms. The van der Waals surface area contributed by atoms with E-state index in [-0.39, 0.29) is 5.82 Å². The quantitative estimate of drug-likeness (QED) is 0.215. The Kier molecular flexibility index (Phi) is 6.89. The Morgan fingerprint density at radius 3 is 2.32 bits per heavy atom. The Bertz CT molecular complexity index is 1010. The molecule has 8 nitrogen and oxygen atoms in total. The first-order valence-corrected chi connectivity index (χ1v) is 11.1. The molecular weight excluding hydrogens is 452 g/mol. The van der Waals surface area contributed by atoms with Crippen molar-refractivity contribution in [1.82, 2.24) is 14.9 Å². The maximum absolute atomic E-state index is 14.4. The van der Waals surface area contributed by atoms with E-state index >= 15 is 0 Å². The van der Waals surface area contributed by atoms with Crippen LogP contribution in [-0.4, -0.2) is 45.9 Å². The van der Waals surface area contributed by atoms with Crippen molar-refractivity contribution in [2.24, 2.45) is 16.8 Å². The van der Waals surface area contributed by atoms with Gasteiger partial charge >= 0.3 is 6.18 Å². The molecule has 1 aliphatic heterocycles. The summed E-state index contributed by atoms with van der Waals surface area (Å²) >= 11 is 0. The molecule has 0 spiro atoms. The van der Waals surface area contributed by atoms with Crippen LogP contribution in [0.15, 0.2) is 35.7 Å². The fourth-order valence-corrected chi connectivity index (χ4v) is 4.28. The van der Waals surface area contributed by atoms with E-state index < -0.39 is 17.6 Å². The van der Waals surface area contributed by atoms with Gasteiger partial charge < -0.3 is 10.7 Å². The van der Waals surface area contributed by atoms with Gasteiger partial charge in [-0.3, -0.25) is 4.90 Å². The van der Waals surface area contributed by atoms with Gasteiger partial charge in [0, 0.05) is 44.1 Å². The van der Waals surface area contributed by atoms with Crippen molar-refractivity contribution in [3.8, 4) is 0 Å². The number of piperidine rings is 1. The van der Waals surface area contributed by atoms with Crippen molar-refractivity contribution in [3.63, 3.8) is 0 Å². The van der Waals surface area contributed by atoms with E-state index in [0.717, 1.165) is 37.8 Å². The molecule has 184 valence electrons. The summed E-state index contributed by atoms with van der Waals surface area (Å²) in [5, 5.41) is 4.88. The van der Waals surface area contributed by atoms with Gasteiger partial charge in [-0.15, -0.1) is 0 Å². The van der Waals surface area contributed by atoms with E-state index in [1.165, 1.54) is 5.01 Å². The second-order valence-corrected chi connectivity index (χ2v) is 8.72. The van der Waals surface area contributed by atoms with Crippen LogP contribution in [0.1, 0.15) is 43.7 Å². The van der Waals surface area contributed by atoms with Crippen molar-refractivity contribution in [2.45, 2.75) is 57.4 Å². The van der Waals surface area contributed by atoms with Crippen molar-refractivity contribution < 1.29 is 17.6 Å². The van der Waals surface area contributed by atoms with E-state index in [4.69, 9.17) is 11.7 Å². The number of nitrogens with two attached hydrogens (primary N) is 2. The Morgan fingerprint density at radius 1 is 1.12 bits per heavy atom. The lowest BCUT2D eigenvalue weighted by Crippen LogP contribution is -2.46. The minimum atomic E-state index is -4.61. The number of hydrazone groups is 1. The third-order valence-corrected chi connectivity index (χ3v) is 6.35. The molecule has 1 saturated heterocycles. The lowest BCUT2D eigenvalue weighted by Gasteiger charge is -2.39. The molecule has 1 saturated carbocycles. The molecule has 0 atom stereocenters. The predicted octanol–water partition coefficient (Wildman–Crippen LogP) is 3.24. The zero-order chi connectivity index (χ0) is 24.5. The van der Waals surface area contributed by atoms with Crippen LogP contribution >= 0.6 is 0 Å². The summed E-state index contributed by atoms with van der Waals surface area (Å²) in [5.41, 5.74) is -0.0318. The normalized spacial score (nSPS) is 18.0. The van der Waals surface area contributed by atoms with Gasteiger partial charge in [0.25, 0.3) is 0 Å². The molecule has 2 aliphatic rings. The molecule has 0 radical (unpaired) electrons. The molecule has 0 aromatic carbocycles. The fourth-order valence-electron chi connectivity index (χ4n) is 4.28. The first-order chi connectivity index (χ1) is 16.2. The Labute approximate surface area is 195 Å². The number of nitrogens with zero attached hydrogens (tertiary/aromatic N) is 6. The molecule has 34 heavy (non-hydrogen) atoms. The SMILES string of the molecule is CC(=NN)N(N)c1ccc(CN(C2CC2)C2CCN(c3ncc(C(F)(F)F)cc3F)CC2)cn1. The zero-order valence-corrected chi connectivity index (χ0v) is 18.8. The molecule has 0 unspecified atom stereocenters. The molecule has 2 aromatic rings. The van der Waals surface area contributed by atoms with Gasteiger partial charge in [-0.05, 0) is 50.3 Å². The smallest absolute Gasteiger partial charge is 0.354 e. The van der Waals surface area contributed by atoms with Gasteiger partial charge in [-0.25, -0.2) is 25.2 Å². The van der Waals surface area contributed by atoms with Crippen LogP contribution < -0.4 is 21.6 Å². The average molecular weight is 481 g/mol. The van der Waals surface area contributed by atoms with E-state index in [9.17, 15) is 17.6 Å². The highest BCUT2D eigenvalue weighted by Crippen LogP contribution is 2.35. The summed E-state index contributed by atoms with van der Waals surface area (Å²) in [4.78, 5) is 12.4. The Balaban J connectivity index is 1.39. The largest absolute Gasteiger partial charge is 0.417 e. The lowest BCUT2D eigenvalue weighted by atomic mass is 10.0. The van der Waals surface area contributed by atoms with Crippen LogP contribution in [0, 0.1) is 5.82 Å². The molecular formula is C22H28F4N8. The Hall–Kier alpha value is -2.99. The second-order valence-electron chi connectivity index (χ2n) is 8.72. The highest BCUT2D eigenvalue weighted by atomic mass is 19.4. The summed E-state index contributed by atoms with van der Waals surface area (Å²) in [5.74, 6) is 11.2. The van der Waals surface area contributed by atoms with Gasteiger partial charge in [0.15, 0.2) is 11.6 Å². The summed E-state index contributed by atoms with van der Waals surface area (Å²) in [6.45, 7) is 3.47. The number of amidine groups is 1. The van der Waals surface area contributed by atoms with E-state index in [0.29, 0.717) is 49.1 Å². The number of rotatable bonds is 6. The topological polar surface area (TPSA) is 99.9 Å². The van der Waals surface area contributed by atoms with Crippen LogP contribution in [0.5, 0.6) is 0 Å². The molecule has 2 fully saturated rings. The number of hydrogen-bond acceptors (Lipinski definition) is 7. The van der Waals surface area contributed by atoms with Crippen molar-refractivity contribution in [2.75, 3.05) is 23.0 Å². The van der Waals surface area contributed by atoms with E-state index in [1.54, 1.807) is 18.0 Å². The van der Waals surface area contributed by atoms with Crippen LogP contribution in [0.25, 0.3) is 0 Å². The molecule has 0 amide bonds. The van der Waals surface area contributed by atoms with Gasteiger partial charge in [-0.2, -0.15) is 18.3 Å². The molecule has 3 heterocycles. The summed E-state index contributed by atoms with van der Waals surface area (Å²) in [6, 6.07) is 5.09. The molecule has 1 aliphatic carbocycles. The summed E-state index contributed by atoms with van der Waals surface area (Å²) in [6.07, 6.45) is 1.66. The summed E-state index contributed by atoms with van der Waals surface area (Å²) < 4.78 is 52.8. The number of anilines is 2. The van der Waals surface area contributed by atoms with Crippen molar-refractivity contribution >= 4 is 17.5 Å². The third kappa shape index (κ3) is 5.39. The highest BCUT2D eigenvalue weighted by Gasteiger charge is 2.37. The monoisotopic (exact) mass is 480 g/mol. The van der Waals surface area contributed by atoms with Crippen LogP contribution in [-0.2, 0) is 12.7 Å². The number of pyridine rings is 2. The highest BCUT2D eigenvalue weighted by molar-refractivity contribution is 5.93. The zero-order valence-electron chi connectivity index (χ0n) is 18.8. The average Bonchev–Trinajstić information content (AvgIpc) is 3.67. The standard InChI is InChI=1S/C22H28F4N8/c1-14(31-27)34(28)20-5-2-15(11-29-20)13-33(17-3-4-17)18-6-8-32(9-7-18)21-19(23)10-16(12-30-21)22(24,25)26/h2,5,10-12,17-18H,3-4,6-9,13,27-28H2,1H3. The molecule has 2 aromatic heterocycles. The first-order valence-electron chi connectivity index (χ1n) is 11.1. The maximum Gasteiger partial charge on any atom is 0.417 e. The van der Waals surface area contributed by atoms with Gasteiger partial charge in [0.05, 0.1) is 5.56 Å².